The van der Waals surface area contributed by atoms with Crippen LogP contribution in [0.4, 0.5) is 0 Å². The molecule has 0 radical (unpaired) electrons. The molecule has 1 aliphatic heterocycles. The summed E-state index contributed by atoms with van der Waals surface area (Å²) >= 11 is 1.43. The minimum absolute atomic E-state index is 0.359. The molecule has 1 aromatic heterocycles. The molecule has 2 rings (SSSR count). The Morgan fingerprint density at radius 1 is 1.60 bits per heavy atom. The Labute approximate surface area is 94.2 Å². The molecule has 1 saturated heterocycles. The van der Waals surface area contributed by atoms with Crippen molar-refractivity contribution >= 4 is 11.5 Å². The maximum atomic E-state index is 5.38. The van der Waals surface area contributed by atoms with Gasteiger partial charge in [-0.25, -0.2) is 0 Å². The van der Waals surface area contributed by atoms with E-state index in [1.165, 1.54) is 11.5 Å². The lowest BCUT2D eigenvalue weighted by Gasteiger charge is -2.29. The van der Waals surface area contributed by atoms with Crippen LogP contribution in [-0.2, 0) is 4.74 Å². The molecule has 1 aliphatic rings. The van der Waals surface area contributed by atoms with Crippen molar-refractivity contribution in [1.29, 1.82) is 0 Å². The van der Waals surface area contributed by atoms with Crippen LogP contribution in [0.5, 0.6) is 0 Å². The van der Waals surface area contributed by atoms with Gasteiger partial charge in [0, 0.05) is 18.6 Å². The van der Waals surface area contributed by atoms with Gasteiger partial charge in [-0.1, -0.05) is 11.4 Å². The van der Waals surface area contributed by atoms with Crippen molar-refractivity contribution < 1.29 is 4.74 Å². The summed E-state index contributed by atoms with van der Waals surface area (Å²) in [6.07, 6.45) is 2.24. The lowest BCUT2D eigenvalue weighted by Crippen LogP contribution is -2.32. The quantitative estimate of drug-likeness (QED) is 0.849. The second kappa shape index (κ2) is 5.53. The van der Waals surface area contributed by atoms with Crippen LogP contribution < -0.4 is 5.32 Å². The van der Waals surface area contributed by atoms with E-state index in [4.69, 9.17) is 4.74 Å². The van der Waals surface area contributed by atoms with Gasteiger partial charge in [0.1, 0.15) is 0 Å². The minimum Gasteiger partial charge on any atom is -0.381 e. The fourth-order valence-corrected chi connectivity index (χ4v) is 2.58. The lowest BCUT2D eigenvalue weighted by atomic mass is 9.90. The highest BCUT2D eigenvalue weighted by Gasteiger charge is 2.26. The highest BCUT2D eigenvalue weighted by molar-refractivity contribution is 7.03. The highest BCUT2D eigenvalue weighted by Crippen LogP contribution is 2.29. The second-order valence-electron chi connectivity index (χ2n) is 3.81. The van der Waals surface area contributed by atoms with Gasteiger partial charge in [0.05, 0.1) is 11.7 Å². The smallest absolute Gasteiger partial charge is 0.0927 e. The van der Waals surface area contributed by atoms with Gasteiger partial charge in [0.2, 0.25) is 0 Å². The highest BCUT2D eigenvalue weighted by atomic mass is 32.1. The molecular weight excluding hydrogens is 210 g/mol. The van der Waals surface area contributed by atoms with E-state index in [0.717, 1.165) is 38.3 Å². The molecule has 0 amide bonds. The van der Waals surface area contributed by atoms with Crippen molar-refractivity contribution in [3.05, 3.63) is 11.1 Å². The third kappa shape index (κ3) is 2.74. The number of hydrogen-bond acceptors (Lipinski definition) is 5. The number of ether oxygens (including phenoxy) is 1. The summed E-state index contributed by atoms with van der Waals surface area (Å²) < 4.78 is 9.32. The van der Waals surface area contributed by atoms with Crippen LogP contribution in [0.3, 0.4) is 0 Å². The standard InChI is InChI=1S/C10H17N3OS/c1-2-11-10(9-7-15-13-12-9)8-3-5-14-6-4-8/h7-8,10-11H,2-6H2,1H3. The normalized spacial score (nSPS) is 20.3. The summed E-state index contributed by atoms with van der Waals surface area (Å²) in [4.78, 5) is 0. The molecule has 1 aromatic rings. The summed E-state index contributed by atoms with van der Waals surface area (Å²) in [5, 5.41) is 9.72. The number of aromatic nitrogens is 2. The fraction of sp³-hybridized carbons (Fsp3) is 0.800. The van der Waals surface area contributed by atoms with Gasteiger partial charge in [0.15, 0.2) is 0 Å². The summed E-state index contributed by atoms with van der Waals surface area (Å²) in [5.41, 5.74) is 1.09. The summed E-state index contributed by atoms with van der Waals surface area (Å²) in [5.74, 6) is 0.641. The number of rotatable bonds is 4. The zero-order valence-corrected chi connectivity index (χ0v) is 9.80. The van der Waals surface area contributed by atoms with E-state index in [9.17, 15) is 0 Å². The van der Waals surface area contributed by atoms with Crippen LogP contribution in [0, 0.1) is 5.92 Å². The van der Waals surface area contributed by atoms with Crippen LogP contribution in [0.15, 0.2) is 5.38 Å². The predicted octanol–water partition coefficient (Wildman–Crippen LogP) is 1.62. The maximum Gasteiger partial charge on any atom is 0.0927 e. The first-order valence-corrected chi connectivity index (χ1v) is 6.33. The predicted molar refractivity (Wildman–Crippen MR) is 59.9 cm³/mol. The van der Waals surface area contributed by atoms with Crippen LogP contribution in [0.25, 0.3) is 0 Å². The monoisotopic (exact) mass is 227 g/mol. The average Bonchev–Trinajstić information content (AvgIpc) is 2.80. The van der Waals surface area contributed by atoms with Crippen LogP contribution in [0.2, 0.25) is 0 Å². The molecule has 2 heterocycles. The Kier molecular flexibility index (Phi) is 4.05. The molecule has 15 heavy (non-hydrogen) atoms. The van der Waals surface area contributed by atoms with Gasteiger partial charge in [-0.3, -0.25) is 0 Å². The van der Waals surface area contributed by atoms with E-state index in [1.54, 1.807) is 0 Å². The van der Waals surface area contributed by atoms with Gasteiger partial charge in [-0.05, 0) is 36.8 Å². The van der Waals surface area contributed by atoms with Crippen molar-refractivity contribution in [3.8, 4) is 0 Å². The molecule has 0 aliphatic carbocycles. The molecule has 1 fully saturated rings. The van der Waals surface area contributed by atoms with Gasteiger partial charge >= 0.3 is 0 Å². The van der Waals surface area contributed by atoms with E-state index < -0.39 is 0 Å². The molecule has 4 nitrogen and oxygen atoms in total. The first kappa shape index (κ1) is 11.0. The third-order valence-electron chi connectivity index (χ3n) is 2.86. The first-order valence-electron chi connectivity index (χ1n) is 5.50. The number of nitrogens with one attached hydrogen (secondary N) is 1. The van der Waals surface area contributed by atoms with E-state index in [1.807, 2.05) is 5.38 Å². The van der Waals surface area contributed by atoms with E-state index in [0.29, 0.717) is 12.0 Å². The molecule has 0 spiro atoms. The summed E-state index contributed by atoms with van der Waals surface area (Å²) in [6.45, 7) is 4.86. The molecule has 1 unspecified atom stereocenters. The summed E-state index contributed by atoms with van der Waals surface area (Å²) in [7, 11) is 0. The zero-order chi connectivity index (χ0) is 10.5. The van der Waals surface area contributed by atoms with Gasteiger partial charge in [-0.2, -0.15) is 0 Å². The van der Waals surface area contributed by atoms with E-state index in [2.05, 4.69) is 21.8 Å². The third-order valence-corrected chi connectivity index (χ3v) is 3.38. The SMILES string of the molecule is CCNC(c1csnn1)C1CCOCC1. The molecule has 0 aromatic carbocycles. The number of nitrogens with zero attached hydrogens (tertiary/aromatic N) is 2. The fourth-order valence-electron chi connectivity index (χ4n) is 2.09. The van der Waals surface area contributed by atoms with Crippen molar-refractivity contribution in [2.75, 3.05) is 19.8 Å². The van der Waals surface area contributed by atoms with Gasteiger partial charge in [0.25, 0.3) is 0 Å². The van der Waals surface area contributed by atoms with E-state index in [-0.39, 0.29) is 0 Å². The Bertz CT molecular complexity index is 272. The Hall–Kier alpha value is -0.520. The molecule has 5 heteroatoms. The van der Waals surface area contributed by atoms with Gasteiger partial charge in [-0.15, -0.1) is 5.10 Å². The van der Waals surface area contributed by atoms with Gasteiger partial charge < -0.3 is 10.1 Å². The lowest BCUT2D eigenvalue weighted by molar-refractivity contribution is 0.0533. The van der Waals surface area contributed by atoms with Crippen LogP contribution in [0.1, 0.15) is 31.5 Å². The Balaban J connectivity index is 2.04. The van der Waals surface area contributed by atoms with Crippen LogP contribution >= 0.6 is 11.5 Å². The Morgan fingerprint density at radius 3 is 3.00 bits per heavy atom. The molecule has 1 N–H and O–H groups in total. The first-order chi connectivity index (χ1) is 7.42. The van der Waals surface area contributed by atoms with Crippen LogP contribution in [-0.4, -0.2) is 29.3 Å². The molecular formula is C10H17N3OS. The Morgan fingerprint density at radius 2 is 2.40 bits per heavy atom. The summed E-state index contributed by atoms with van der Waals surface area (Å²) in [6, 6.07) is 0.359. The minimum atomic E-state index is 0.359. The topological polar surface area (TPSA) is 47.0 Å². The number of hydrogen-bond donors (Lipinski definition) is 1. The largest absolute Gasteiger partial charge is 0.381 e. The molecule has 0 saturated carbocycles. The van der Waals surface area contributed by atoms with Crippen molar-refractivity contribution in [3.63, 3.8) is 0 Å². The molecule has 1 atom stereocenters. The molecule has 84 valence electrons. The maximum absolute atomic E-state index is 5.38. The zero-order valence-electron chi connectivity index (χ0n) is 8.98. The average molecular weight is 227 g/mol. The van der Waals surface area contributed by atoms with Crippen molar-refractivity contribution in [1.82, 2.24) is 14.9 Å². The van der Waals surface area contributed by atoms with Crippen molar-refractivity contribution in [2.45, 2.75) is 25.8 Å². The second-order valence-corrected chi connectivity index (χ2v) is 4.42. The van der Waals surface area contributed by atoms with Crippen molar-refractivity contribution in [2.24, 2.45) is 5.92 Å². The van der Waals surface area contributed by atoms with E-state index >= 15 is 0 Å². The molecule has 0 bridgehead atoms.